The van der Waals surface area contributed by atoms with Crippen molar-refractivity contribution in [1.29, 1.82) is 0 Å². The maximum atomic E-state index is 12.8. The van der Waals surface area contributed by atoms with E-state index in [1.807, 2.05) is 35.4 Å². The van der Waals surface area contributed by atoms with Crippen molar-refractivity contribution < 1.29 is 19.8 Å². The molecule has 198 valence electrons. The zero-order valence-electron chi connectivity index (χ0n) is 21.2. The van der Waals surface area contributed by atoms with E-state index in [2.05, 4.69) is 41.1 Å². The Labute approximate surface area is 227 Å². The standard InChI is InChI=1S/C28H34ClN3O4S/c1-19-5-3-4-6-25(19)37-16-15-32-13-11-28(12-14-32,27(34)31-35)10-9-24(33)26-21-17-20(36-2)7-8-23(21)30-18-22(26)29/h3-8,17-18,24,33,35H,9-16H2,1-2H3,(H,31,34). The van der Waals surface area contributed by atoms with Crippen LogP contribution in [0.15, 0.2) is 53.6 Å². The average molecular weight is 544 g/mol. The van der Waals surface area contributed by atoms with Crippen molar-refractivity contribution in [2.45, 2.75) is 43.6 Å². The van der Waals surface area contributed by atoms with Crippen LogP contribution in [0.1, 0.15) is 42.9 Å². The van der Waals surface area contributed by atoms with Gasteiger partial charge in [0, 0.05) is 34.3 Å². The summed E-state index contributed by atoms with van der Waals surface area (Å²) in [6, 6.07) is 13.8. The number of methoxy groups -OCH3 is 1. The maximum Gasteiger partial charge on any atom is 0.249 e. The van der Waals surface area contributed by atoms with Crippen LogP contribution >= 0.6 is 23.4 Å². The molecule has 7 nitrogen and oxygen atoms in total. The Hall–Kier alpha value is -2.36. The van der Waals surface area contributed by atoms with Gasteiger partial charge in [-0.1, -0.05) is 29.8 Å². The van der Waals surface area contributed by atoms with Gasteiger partial charge in [0.2, 0.25) is 5.91 Å². The molecule has 0 saturated carbocycles. The zero-order valence-corrected chi connectivity index (χ0v) is 22.8. The van der Waals surface area contributed by atoms with Gasteiger partial charge >= 0.3 is 0 Å². The van der Waals surface area contributed by atoms with Crippen molar-refractivity contribution in [3.63, 3.8) is 0 Å². The predicted octanol–water partition coefficient (Wildman–Crippen LogP) is 5.40. The fourth-order valence-electron chi connectivity index (χ4n) is 5.11. The average Bonchev–Trinajstić information content (AvgIpc) is 2.92. The number of aliphatic hydroxyl groups is 1. The number of fused-ring (bicyclic) bond motifs is 1. The Morgan fingerprint density at radius 1 is 1.27 bits per heavy atom. The van der Waals surface area contributed by atoms with E-state index in [1.54, 1.807) is 13.3 Å². The molecule has 9 heteroatoms. The molecule has 1 fully saturated rings. The van der Waals surface area contributed by atoms with Gasteiger partial charge in [0.1, 0.15) is 5.75 Å². The minimum Gasteiger partial charge on any atom is -0.497 e. The topological polar surface area (TPSA) is 94.9 Å². The number of halogens is 1. The number of rotatable bonds is 10. The monoisotopic (exact) mass is 543 g/mol. The molecule has 1 amide bonds. The number of aliphatic hydroxyl groups excluding tert-OH is 1. The molecule has 0 spiro atoms. The number of aryl methyl sites for hydroxylation is 1. The van der Waals surface area contributed by atoms with Crippen molar-refractivity contribution in [1.82, 2.24) is 15.4 Å². The third-order valence-corrected chi connectivity index (χ3v) is 8.91. The fourth-order valence-corrected chi connectivity index (χ4v) is 6.42. The second kappa shape index (κ2) is 12.5. The first-order valence-electron chi connectivity index (χ1n) is 12.5. The van der Waals surface area contributed by atoms with Crippen molar-refractivity contribution in [2.24, 2.45) is 5.41 Å². The van der Waals surface area contributed by atoms with Crippen LogP contribution in [0, 0.1) is 12.3 Å². The van der Waals surface area contributed by atoms with Crippen LogP contribution in [0.3, 0.4) is 0 Å². The summed E-state index contributed by atoms with van der Waals surface area (Å²) in [7, 11) is 1.58. The first kappa shape index (κ1) is 27.7. The van der Waals surface area contributed by atoms with E-state index in [4.69, 9.17) is 16.3 Å². The molecule has 0 radical (unpaired) electrons. The number of nitrogens with zero attached hydrogens (tertiary/aromatic N) is 2. The van der Waals surface area contributed by atoms with E-state index < -0.39 is 11.5 Å². The molecule has 1 atom stereocenters. The van der Waals surface area contributed by atoms with Crippen LogP contribution in [0.25, 0.3) is 10.9 Å². The van der Waals surface area contributed by atoms with Crippen LogP contribution in [-0.2, 0) is 4.79 Å². The minimum atomic E-state index is -0.892. The van der Waals surface area contributed by atoms with Crippen molar-refractivity contribution >= 4 is 40.2 Å². The number of ether oxygens (including phenoxy) is 1. The number of hydrogen-bond donors (Lipinski definition) is 3. The molecule has 2 aromatic carbocycles. The second-order valence-electron chi connectivity index (χ2n) is 9.63. The molecule has 1 saturated heterocycles. The van der Waals surface area contributed by atoms with E-state index >= 15 is 0 Å². The summed E-state index contributed by atoms with van der Waals surface area (Å²) in [5, 5.41) is 21.8. The van der Waals surface area contributed by atoms with Crippen LogP contribution in [0.4, 0.5) is 0 Å². The fraction of sp³-hybridized carbons (Fsp3) is 0.429. The lowest BCUT2D eigenvalue weighted by Crippen LogP contribution is -2.48. The molecule has 3 N–H and O–H groups in total. The number of hydroxylamine groups is 1. The van der Waals surface area contributed by atoms with Crippen LogP contribution in [0.5, 0.6) is 5.75 Å². The first-order valence-corrected chi connectivity index (χ1v) is 13.9. The highest BCUT2D eigenvalue weighted by atomic mass is 35.5. The summed E-state index contributed by atoms with van der Waals surface area (Å²) < 4.78 is 5.34. The van der Waals surface area contributed by atoms with Crippen LogP contribution in [0.2, 0.25) is 5.02 Å². The number of amides is 1. The van der Waals surface area contributed by atoms with Crippen LogP contribution in [-0.4, -0.2) is 58.6 Å². The molecule has 37 heavy (non-hydrogen) atoms. The van der Waals surface area contributed by atoms with Crippen molar-refractivity contribution in [2.75, 3.05) is 32.5 Å². The molecular weight excluding hydrogens is 510 g/mol. The summed E-state index contributed by atoms with van der Waals surface area (Å²) in [6.07, 6.45) is 2.62. The van der Waals surface area contributed by atoms with Gasteiger partial charge in [-0.25, -0.2) is 5.48 Å². The molecule has 0 bridgehead atoms. The summed E-state index contributed by atoms with van der Waals surface area (Å²) in [5.41, 5.74) is 3.71. The Kier molecular flexibility index (Phi) is 9.31. The molecule has 2 heterocycles. The van der Waals surface area contributed by atoms with Gasteiger partial charge < -0.3 is 14.7 Å². The molecule has 3 aromatic rings. The van der Waals surface area contributed by atoms with Crippen molar-refractivity contribution in [3.05, 3.63) is 64.8 Å². The Morgan fingerprint density at radius 3 is 2.73 bits per heavy atom. The summed E-state index contributed by atoms with van der Waals surface area (Å²) in [5.74, 6) is 1.23. The molecule has 1 unspecified atom stereocenters. The number of aromatic nitrogens is 1. The molecular formula is C28H34ClN3O4S. The van der Waals surface area contributed by atoms with Gasteiger partial charge in [0.15, 0.2) is 0 Å². The van der Waals surface area contributed by atoms with Gasteiger partial charge in [0.05, 0.1) is 29.2 Å². The molecule has 1 aromatic heterocycles. The smallest absolute Gasteiger partial charge is 0.249 e. The number of carbonyl (C=O) groups is 1. The molecule has 1 aliphatic rings. The molecule has 1 aliphatic heterocycles. The van der Waals surface area contributed by atoms with Gasteiger partial charge in [-0.3, -0.25) is 15.0 Å². The summed E-state index contributed by atoms with van der Waals surface area (Å²) >= 11 is 8.32. The summed E-state index contributed by atoms with van der Waals surface area (Å²) in [6.45, 7) is 4.57. The number of pyridine rings is 1. The SMILES string of the molecule is COc1ccc2ncc(Cl)c(C(O)CCC3(C(=O)NO)CCN(CCSc4ccccc4C)CC3)c2c1. The number of hydrogen-bond acceptors (Lipinski definition) is 7. The Bertz CT molecular complexity index is 1230. The number of thioether (sulfide) groups is 1. The number of nitrogens with one attached hydrogen (secondary N) is 1. The van der Waals surface area contributed by atoms with Gasteiger partial charge in [-0.2, -0.15) is 0 Å². The van der Waals surface area contributed by atoms with E-state index in [-0.39, 0.29) is 5.91 Å². The molecule has 4 rings (SSSR count). The van der Waals surface area contributed by atoms with E-state index in [1.165, 1.54) is 10.5 Å². The number of carbonyl (C=O) groups excluding carboxylic acids is 1. The third kappa shape index (κ3) is 6.38. The van der Waals surface area contributed by atoms with E-state index in [0.717, 1.165) is 30.8 Å². The number of piperidine rings is 1. The Balaban J connectivity index is 1.40. The van der Waals surface area contributed by atoms with E-state index in [9.17, 15) is 15.1 Å². The van der Waals surface area contributed by atoms with Gasteiger partial charge in [-0.05, 0) is 75.5 Å². The minimum absolute atomic E-state index is 0.326. The molecule has 0 aliphatic carbocycles. The van der Waals surface area contributed by atoms with Crippen LogP contribution < -0.4 is 10.2 Å². The van der Waals surface area contributed by atoms with E-state index in [0.29, 0.717) is 47.5 Å². The lowest BCUT2D eigenvalue weighted by Gasteiger charge is -2.40. The number of benzene rings is 2. The second-order valence-corrected chi connectivity index (χ2v) is 11.2. The quantitative estimate of drug-likeness (QED) is 0.179. The maximum absolute atomic E-state index is 12.8. The number of likely N-dealkylation sites (tertiary alicyclic amines) is 1. The predicted molar refractivity (Wildman–Crippen MR) is 147 cm³/mol. The summed E-state index contributed by atoms with van der Waals surface area (Å²) in [4.78, 5) is 20.8. The lowest BCUT2D eigenvalue weighted by atomic mass is 9.73. The highest BCUT2D eigenvalue weighted by Gasteiger charge is 2.41. The van der Waals surface area contributed by atoms with Crippen molar-refractivity contribution in [3.8, 4) is 5.75 Å². The van der Waals surface area contributed by atoms with Gasteiger partial charge in [0.25, 0.3) is 0 Å². The zero-order chi connectivity index (χ0) is 26.4. The highest BCUT2D eigenvalue weighted by molar-refractivity contribution is 7.99. The van der Waals surface area contributed by atoms with Gasteiger partial charge in [-0.15, -0.1) is 11.8 Å². The third-order valence-electron chi connectivity index (χ3n) is 7.45. The lowest BCUT2D eigenvalue weighted by molar-refractivity contribution is -0.143. The Morgan fingerprint density at radius 2 is 2.03 bits per heavy atom. The first-order chi connectivity index (χ1) is 17.9. The normalized spacial score (nSPS) is 16.5. The highest BCUT2D eigenvalue weighted by Crippen LogP contribution is 2.41. The largest absolute Gasteiger partial charge is 0.497 e.